The van der Waals surface area contributed by atoms with Crippen molar-refractivity contribution in [1.29, 1.82) is 0 Å². The molecule has 1 amide bonds. The number of alkyl carbamates (subject to hydrolysis) is 1. The smallest absolute Gasteiger partial charge is 0.407 e. The molecule has 0 spiro atoms. The van der Waals surface area contributed by atoms with Gasteiger partial charge in [0.1, 0.15) is 6.61 Å². The normalized spacial score (nSPS) is 9.95. The van der Waals surface area contributed by atoms with Gasteiger partial charge in [0, 0.05) is 6.20 Å². The summed E-state index contributed by atoms with van der Waals surface area (Å²) in [6.07, 6.45) is 1.06. The number of nitrogens with one attached hydrogen (secondary N) is 1. The van der Waals surface area contributed by atoms with Gasteiger partial charge in [0.05, 0.1) is 17.3 Å². The highest BCUT2D eigenvalue weighted by Crippen LogP contribution is 2.06. The lowest BCUT2D eigenvalue weighted by molar-refractivity contribution is 0.139. The van der Waals surface area contributed by atoms with Crippen LogP contribution in [0.4, 0.5) is 4.79 Å². The predicted molar refractivity (Wildman–Crippen MR) is 72.7 cm³/mol. The van der Waals surface area contributed by atoms with Crippen LogP contribution >= 0.6 is 11.6 Å². The predicted octanol–water partition coefficient (Wildman–Crippen LogP) is 3.16. The number of amides is 1. The van der Waals surface area contributed by atoms with Crippen LogP contribution in [0.25, 0.3) is 0 Å². The number of ether oxygens (including phenoxy) is 1. The summed E-state index contributed by atoms with van der Waals surface area (Å²) in [5.74, 6) is 0. The highest BCUT2D eigenvalue weighted by molar-refractivity contribution is 6.30. The Bertz CT molecular complexity index is 529. The van der Waals surface area contributed by atoms with E-state index in [9.17, 15) is 4.79 Å². The van der Waals surface area contributed by atoms with Crippen molar-refractivity contribution in [2.45, 2.75) is 13.2 Å². The number of carbonyl (C=O) groups is 1. The van der Waals surface area contributed by atoms with Crippen molar-refractivity contribution in [3.8, 4) is 0 Å². The lowest BCUT2D eigenvalue weighted by atomic mass is 10.2. The molecule has 2 rings (SSSR count). The molecule has 5 heteroatoms. The van der Waals surface area contributed by atoms with Crippen LogP contribution < -0.4 is 5.32 Å². The summed E-state index contributed by atoms with van der Waals surface area (Å²) >= 11 is 5.72. The molecule has 0 unspecified atom stereocenters. The van der Waals surface area contributed by atoms with Crippen molar-refractivity contribution in [2.24, 2.45) is 0 Å². The van der Waals surface area contributed by atoms with Crippen LogP contribution in [0.15, 0.2) is 48.7 Å². The van der Waals surface area contributed by atoms with Gasteiger partial charge in [0.25, 0.3) is 0 Å². The molecular weight excluding hydrogens is 264 g/mol. The van der Waals surface area contributed by atoms with Crippen LogP contribution in [0, 0.1) is 0 Å². The lowest BCUT2D eigenvalue weighted by Crippen LogP contribution is -2.24. The molecule has 1 aromatic heterocycles. The number of hydrogen-bond donors (Lipinski definition) is 1. The molecule has 0 saturated carbocycles. The Morgan fingerprint density at radius 2 is 2.00 bits per heavy atom. The zero-order valence-corrected chi connectivity index (χ0v) is 10.9. The van der Waals surface area contributed by atoms with Crippen LogP contribution in [-0.2, 0) is 17.9 Å². The van der Waals surface area contributed by atoms with Gasteiger partial charge < -0.3 is 10.1 Å². The van der Waals surface area contributed by atoms with E-state index in [-0.39, 0.29) is 6.61 Å². The second kappa shape index (κ2) is 6.75. The van der Waals surface area contributed by atoms with Crippen molar-refractivity contribution in [3.63, 3.8) is 0 Å². The maximum atomic E-state index is 11.5. The Morgan fingerprint density at radius 1 is 1.21 bits per heavy atom. The minimum atomic E-state index is -0.472. The van der Waals surface area contributed by atoms with Gasteiger partial charge in [-0.1, -0.05) is 41.9 Å². The topological polar surface area (TPSA) is 51.2 Å². The average Bonchev–Trinajstić information content (AvgIpc) is 2.45. The molecule has 0 bridgehead atoms. The fourth-order valence-corrected chi connectivity index (χ4v) is 1.56. The van der Waals surface area contributed by atoms with Crippen molar-refractivity contribution in [1.82, 2.24) is 10.3 Å². The summed E-state index contributed by atoms with van der Waals surface area (Å²) in [5, 5.41) is 3.19. The van der Waals surface area contributed by atoms with E-state index in [1.54, 1.807) is 12.1 Å². The number of pyridine rings is 1. The highest BCUT2D eigenvalue weighted by Gasteiger charge is 2.03. The highest BCUT2D eigenvalue weighted by atomic mass is 35.5. The van der Waals surface area contributed by atoms with Gasteiger partial charge in [-0.05, 0) is 17.7 Å². The van der Waals surface area contributed by atoms with Crippen molar-refractivity contribution in [3.05, 3.63) is 64.9 Å². The molecular formula is C14H13ClN2O2. The van der Waals surface area contributed by atoms with Crippen LogP contribution in [0.5, 0.6) is 0 Å². The summed E-state index contributed by atoms with van der Waals surface area (Å²) in [5.41, 5.74) is 1.67. The monoisotopic (exact) mass is 276 g/mol. The maximum absolute atomic E-state index is 11.5. The summed E-state index contributed by atoms with van der Waals surface area (Å²) in [7, 11) is 0. The van der Waals surface area contributed by atoms with Crippen molar-refractivity contribution < 1.29 is 9.53 Å². The zero-order valence-electron chi connectivity index (χ0n) is 10.2. The molecule has 0 aliphatic rings. The quantitative estimate of drug-likeness (QED) is 0.933. The Morgan fingerprint density at radius 3 is 2.68 bits per heavy atom. The third kappa shape index (κ3) is 4.60. The van der Waals surface area contributed by atoms with E-state index in [1.165, 1.54) is 6.20 Å². The summed E-state index contributed by atoms with van der Waals surface area (Å²) < 4.78 is 5.07. The minimum absolute atomic E-state index is 0.251. The number of carbonyl (C=O) groups excluding carboxylic acids is 1. The van der Waals surface area contributed by atoms with E-state index < -0.39 is 6.09 Å². The third-order valence-electron chi connectivity index (χ3n) is 2.42. The molecule has 1 aromatic carbocycles. The Balaban J connectivity index is 1.74. The molecule has 1 heterocycles. The molecule has 98 valence electrons. The molecule has 0 aliphatic carbocycles. The van der Waals surface area contributed by atoms with Gasteiger partial charge in [0.2, 0.25) is 0 Å². The molecule has 0 atom stereocenters. The van der Waals surface area contributed by atoms with Crippen molar-refractivity contribution in [2.75, 3.05) is 0 Å². The number of hydrogen-bond acceptors (Lipinski definition) is 3. The van der Waals surface area contributed by atoms with E-state index in [0.29, 0.717) is 11.6 Å². The molecule has 0 saturated heterocycles. The van der Waals surface area contributed by atoms with E-state index >= 15 is 0 Å². The lowest BCUT2D eigenvalue weighted by Gasteiger charge is -2.06. The van der Waals surface area contributed by atoms with Gasteiger partial charge in [-0.15, -0.1) is 0 Å². The van der Waals surface area contributed by atoms with Crippen LogP contribution in [0.1, 0.15) is 11.3 Å². The molecule has 19 heavy (non-hydrogen) atoms. The first kappa shape index (κ1) is 13.4. The number of rotatable bonds is 4. The van der Waals surface area contributed by atoms with Crippen LogP contribution in [0.3, 0.4) is 0 Å². The first-order valence-corrected chi connectivity index (χ1v) is 6.17. The number of benzene rings is 1. The second-order valence-electron chi connectivity index (χ2n) is 3.88. The second-order valence-corrected chi connectivity index (χ2v) is 4.32. The van der Waals surface area contributed by atoms with Crippen molar-refractivity contribution >= 4 is 17.7 Å². The van der Waals surface area contributed by atoms with Gasteiger partial charge in [0.15, 0.2) is 0 Å². The fourth-order valence-electron chi connectivity index (χ4n) is 1.45. The van der Waals surface area contributed by atoms with Gasteiger partial charge in [-0.25, -0.2) is 4.79 Å². The minimum Gasteiger partial charge on any atom is -0.445 e. The molecule has 2 aromatic rings. The summed E-state index contributed by atoms with van der Waals surface area (Å²) in [4.78, 5) is 15.5. The Hall–Kier alpha value is -2.07. The maximum Gasteiger partial charge on any atom is 0.407 e. The largest absolute Gasteiger partial charge is 0.445 e. The van der Waals surface area contributed by atoms with E-state index in [2.05, 4.69) is 10.3 Å². The Labute approximate surface area is 116 Å². The van der Waals surface area contributed by atoms with Gasteiger partial charge in [-0.3, -0.25) is 4.98 Å². The molecule has 4 nitrogen and oxygen atoms in total. The van der Waals surface area contributed by atoms with Gasteiger partial charge >= 0.3 is 6.09 Å². The SMILES string of the molecule is O=C(NCc1ccc(Cl)cn1)OCc1ccccc1. The van der Waals surface area contributed by atoms with Gasteiger partial charge in [-0.2, -0.15) is 0 Å². The standard InChI is InChI=1S/C14H13ClN2O2/c15-12-6-7-13(16-8-12)9-17-14(18)19-10-11-4-2-1-3-5-11/h1-8H,9-10H2,(H,17,18). The fraction of sp³-hybridized carbons (Fsp3) is 0.143. The average molecular weight is 277 g/mol. The summed E-state index contributed by atoms with van der Waals surface area (Å²) in [6, 6.07) is 13.0. The van der Waals surface area contributed by atoms with Crippen LogP contribution in [-0.4, -0.2) is 11.1 Å². The number of nitrogens with zero attached hydrogens (tertiary/aromatic N) is 1. The summed E-state index contributed by atoms with van der Waals surface area (Å²) in [6.45, 7) is 0.561. The Kier molecular flexibility index (Phi) is 4.75. The first-order valence-electron chi connectivity index (χ1n) is 5.79. The molecule has 0 aliphatic heterocycles. The zero-order chi connectivity index (χ0) is 13.5. The molecule has 0 radical (unpaired) electrons. The molecule has 0 fully saturated rings. The van der Waals surface area contributed by atoms with E-state index in [0.717, 1.165) is 11.3 Å². The van der Waals surface area contributed by atoms with E-state index in [4.69, 9.17) is 16.3 Å². The number of halogens is 1. The first-order chi connectivity index (χ1) is 9.24. The number of aromatic nitrogens is 1. The van der Waals surface area contributed by atoms with Crippen LogP contribution in [0.2, 0.25) is 5.02 Å². The third-order valence-corrected chi connectivity index (χ3v) is 2.64. The van der Waals surface area contributed by atoms with E-state index in [1.807, 2.05) is 30.3 Å². The molecule has 1 N–H and O–H groups in total.